The minimum atomic E-state index is 0.339. The van der Waals surface area contributed by atoms with Gasteiger partial charge in [0.1, 0.15) is 5.82 Å². The highest BCUT2D eigenvalue weighted by atomic mass is 16.5. The Morgan fingerprint density at radius 3 is 2.90 bits per heavy atom. The van der Waals surface area contributed by atoms with E-state index in [2.05, 4.69) is 54.9 Å². The molecule has 21 heavy (non-hydrogen) atoms. The summed E-state index contributed by atoms with van der Waals surface area (Å²) in [5, 5.41) is 3.61. The van der Waals surface area contributed by atoms with Crippen LogP contribution in [0.2, 0.25) is 0 Å². The fraction of sp³-hybridized carbons (Fsp3) is 0.588. The first kappa shape index (κ1) is 14.5. The lowest BCUT2D eigenvalue weighted by Crippen LogP contribution is -2.36. The molecule has 1 aliphatic heterocycles. The van der Waals surface area contributed by atoms with Gasteiger partial charge in [0.05, 0.1) is 30.2 Å². The smallest absolute Gasteiger partial charge is 0.117 e. The van der Waals surface area contributed by atoms with Gasteiger partial charge in [0, 0.05) is 12.1 Å². The van der Waals surface area contributed by atoms with E-state index >= 15 is 0 Å². The van der Waals surface area contributed by atoms with E-state index in [1.54, 1.807) is 0 Å². The van der Waals surface area contributed by atoms with Crippen molar-refractivity contribution in [2.24, 2.45) is 0 Å². The summed E-state index contributed by atoms with van der Waals surface area (Å²) in [4.78, 5) is 4.92. The van der Waals surface area contributed by atoms with Crippen molar-refractivity contribution in [1.82, 2.24) is 14.9 Å². The predicted octanol–water partition coefficient (Wildman–Crippen LogP) is 3.10. The Balaban J connectivity index is 2.00. The summed E-state index contributed by atoms with van der Waals surface area (Å²) in [5.74, 6) is 1.50. The van der Waals surface area contributed by atoms with Crippen LogP contribution in [0.4, 0.5) is 0 Å². The van der Waals surface area contributed by atoms with Crippen molar-refractivity contribution in [3.8, 4) is 0 Å². The minimum Gasteiger partial charge on any atom is -0.379 e. The number of ether oxygens (including phenoxy) is 1. The van der Waals surface area contributed by atoms with Crippen LogP contribution in [0.3, 0.4) is 0 Å². The zero-order valence-electron chi connectivity index (χ0n) is 13.2. The van der Waals surface area contributed by atoms with E-state index < -0.39 is 0 Å². The first-order valence-corrected chi connectivity index (χ1v) is 8.00. The number of rotatable bonds is 5. The highest BCUT2D eigenvalue weighted by Gasteiger charge is 2.33. The molecule has 4 nitrogen and oxygen atoms in total. The standard InChI is InChI=1S/C17H25N3O/c1-4-9-18-15-11-21-10-13(15)17-19-14-7-5-6-8-16(14)20(17)12(2)3/h5-8,12-13,15,18H,4,9-11H2,1-3H3. The van der Waals surface area contributed by atoms with E-state index in [-0.39, 0.29) is 0 Å². The van der Waals surface area contributed by atoms with Crippen molar-refractivity contribution < 1.29 is 4.74 Å². The van der Waals surface area contributed by atoms with Gasteiger partial charge in [-0.15, -0.1) is 0 Å². The average molecular weight is 287 g/mol. The second kappa shape index (κ2) is 6.16. The van der Waals surface area contributed by atoms with Gasteiger partial charge < -0.3 is 14.6 Å². The van der Waals surface area contributed by atoms with Crippen LogP contribution in [0.25, 0.3) is 11.0 Å². The van der Waals surface area contributed by atoms with Gasteiger partial charge in [0.15, 0.2) is 0 Å². The zero-order valence-corrected chi connectivity index (χ0v) is 13.2. The van der Waals surface area contributed by atoms with Crippen LogP contribution in [0, 0.1) is 0 Å². The molecule has 0 amide bonds. The van der Waals surface area contributed by atoms with Gasteiger partial charge in [-0.25, -0.2) is 4.98 Å². The Bertz CT molecular complexity index is 605. The summed E-state index contributed by atoms with van der Waals surface area (Å²) in [6, 6.07) is 9.18. The molecule has 1 aliphatic rings. The molecule has 0 bridgehead atoms. The number of benzene rings is 1. The highest BCUT2D eigenvalue weighted by Crippen LogP contribution is 2.31. The molecule has 1 aromatic heterocycles. The van der Waals surface area contributed by atoms with Gasteiger partial charge in [-0.2, -0.15) is 0 Å². The Labute approximate surface area is 126 Å². The fourth-order valence-electron chi connectivity index (χ4n) is 3.21. The summed E-state index contributed by atoms with van der Waals surface area (Å²) < 4.78 is 8.11. The average Bonchev–Trinajstić information content (AvgIpc) is 3.08. The van der Waals surface area contributed by atoms with Crippen LogP contribution in [0.5, 0.6) is 0 Å². The topological polar surface area (TPSA) is 39.1 Å². The summed E-state index contributed by atoms with van der Waals surface area (Å²) in [7, 11) is 0. The second-order valence-electron chi connectivity index (χ2n) is 6.13. The number of hydrogen-bond acceptors (Lipinski definition) is 3. The number of imidazole rings is 1. The molecule has 0 aliphatic carbocycles. The zero-order chi connectivity index (χ0) is 14.8. The van der Waals surface area contributed by atoms with Gasteiger partial charge in [-0.1, -0.05) is 19.1 Å². The molecule has 2 heterocycles. The van der Waals surface area contributed by atoms with E-state index in [4.69, 9.17) is 9.72 Å². The van der Waals surface area contributed by atoms with Crippen molar-refractivity contribution >= 4 is 11.0 Å². The number of fused-ring (bicyclic) bond motifs is 1. The van der Waals surface area contributed by atoms with Crippen molar-refractivity contribution in [3.63, 3.8) is 0 Å². The number of nitrogens with one attached hydrogen (secondary N) is 1. The summed E-state index contributed by atoms with van der Waals surface area (Å²) in [6.45, 7) is 9.22. The maximum atomic E-state index is 5.74. The van der Waals surface area contributed by atoms with Crippen LogP contribution in [0.15, 0.2) is 24.3 Å². The van der Waals surface area contributed by atoms with Crippen molar-refractivity contribution in [2.45, 2.75) is 45.2 Å². The van der Waals surface area contributed by atoms with Crippen molar-refractivity contribution in [3.05, 3.63) is 30.1 Å². The molecule has 2 aromatic rings. The van der Waals surface area contributed by atoms with E-state index in [9.17, 15) is 0 Å². The SMILES string of the molecule is CCCNC1COCC1c1nc2ccccc2n1C(C)C. The van der Waals surface area contributed by atoms with E-state index in [1.165, 1.54) is 5.52 Å². The largest absolute Gasteiger partial charge is 0.379 e. The third kappa shape index (κ3) is 2.70. The Morgan fingerprint density at radius 2 is 2.14 bits per heavy atom. The van der Waals surface area contributed by atoms with E-state index in [0.717, 1.165) is 37.5 Å². The third-order valence-corrected chi connectivity index (χ3v) is 4.21. The molecule has 114 valence electrons. The minimum absolute atomic E-state index is 0.339. The number of hydrogen-bond donors (Lipinski definition) is 1. The molecule has 1 aromatic carbocycles. The van der Waals surface area contributed by atoms with Crippen molar-refractivity contribution in [2.75, 3.05) is 19.8 Å². The van der Waals surface area contributed by atoms with E-state index in [0.29, 0.717) is 18.0 Å². The first-order valence-electron chi connectivity index (χ1n) is 8.00. The molecule has 1 N–H and O–H groups in total. The lowest BCUT2D eigenvalue weighted by atomic mass is 10.0. The van der Waals surface area contributed by atoms with Crippen LogP contribution >= 0.6 is 0 Å². The molecular weight excluding hydrogens is 262 g/mol. The summed E-state index contributed by atoms with van der Waals surface area (Å²) in [5.41, 5.74) is 2.31. The second-order valence-corrected chi connectivity index (χ2v) is 6.13. The lowest BCUT2D eigenvalue weighted by molar-refractivity contribution is 0.187. The maximum absolute atomic E-state index is 5.74. The molecule has 2 atom stereocenters. The molecule has 0 radical (unpaired) electrons. The van der Waals surface area contributed by atoms with Gasteiger partial charge >= 0.3 is 0 Å². The summed E-state index contributed by atoms with van der Waals surface area (Å²) >= 11 is 0. The molecule has 0 spiro atoms. The fourth-order valence-corrected chi connectivity index (χ4v) is 3.21. The molecular formula is C17H25N3O. The third-order valence-electron chi connectivity index (χ3n) is 4.21. The molecule has 1 saturated heterocycles. The normalized spacial score (nSPS) is 22.5. The predicted molar refractivity (Wildman–Crippen MR) is 85.8 cm³/mol. The number of nitrogens with zero attached hydrogens (tertiary/aromatic N) is 2. The molecule has 3 rings (SSSR count). The number of aromatic nitrogens is 2. The molecule has 0 saturated carbocycles. The molecule has 4 heteroatoms. The molecule has 1 fully saturated rings. The molecule has 2 unspecified atom stereocenters. The van der Waals surface area contributed by atoms with Crippen LogP contribution in [-0.4, -0.2) is 35.4 Å². The lowest BCUT2D eigenvalue weighted by Gasteiger charge is -2.21. The highest BCUT2D eigenvalue weighted by molar-refractivity contribution is 5.76. The van der Waals surface area contributed by atoms with Gasteiger partial charge in [-0.05, 0) is 38.9 Å². The van der Waals surface area contributed by atoms with Crippen LogP contribution in [-0.2, 0) is 4.74 Å². The van der Waals surface area contributed by atoms with Gasteiger partial charge in [0.25, 0.3) is 0 Å². The Morgan fingerprint density at radius 1 is 1.33 bits per heavy atom. The monoisotopic (exact) mass is 287 g/mol. The van der Waals surface area contributed by atoms with Gasteiger partial charge in [-0.3, -0.25) is 0 Å². The van der Waals surface area contributed by atoms with Gasteiger partial charge in [0.2, 0.25) is 0 Å². The Kier molecular flexibility index (Phi) is 4.27. The number of para-hydroxylation sites is 2. The maximum Gasteiger partial charge on any atom is 0.117 e. The Hall–Kier alpha value is -1.39. The first-order chi connectivity index (χ1) is 10.2. The van der Waals surface area contributed by atoms with Crippen LogP contribution in [0.1, 0.15) is 45.0 Å². The van der Waals surface area contributed by atoms with Crippen molar-refractivity contribution in [1.29, 1.82) is 0 Å². The van der Waals surface area contributed by atoms with Crippen LogP contribution < -0.4 is 5.32 Å². The summed E-state index contributed by atoms with van der Waals surface area (Å²) in [6.07, 6.45) is 1.14. The quantitative estimate of drug-likeness (QED) is 0.918. The van der Waals surface area contributed by atoms with E-state index in [1.807, 2.05) is 0 Å².